The average molecular weight is 379 g/mol. The van der Waals surface area contributed by atoms with Gasteiger partial charge in [0.25, 0.3) is 11.6 Å². The van der Waals surface area contributed by atoms with Crippen LogP contribution < -0.4 is 14.8 Å². The van der Waals surface area contributed by atoms with Gasteiger partial charge in [0.05, 0.1) is 11.0 Å². The summed E-state index contributed by atoms with van der Waals surface area (Å²) in [5.41, 5.74) is 2.03. The number of amides is 1. The average Bonchev–Trinajstić information content (AvgIpc) is 2.67. The Balaban J connectivity index is 1.95. The number of nitro benzene ring substituents is 1. The molecule has 28 heavy (non-hydrogen) atoms. The number of hydrogen-bond acceptors (Lipinski definition) is 6. The number of nitrogens with zero attached hydrogens (tertiary/aromatic N) is 2. The first-order valence-corrected chi connectivity index (χ1v) is 8.47. The molecular weight excluding hydrogens is 362 g/mol. The van der Waals surface area contributed by atoms with Crippen molar-refractivity contribution in [1.82, 2.24) is 0 Å². The predicted octanol–water partition coefficient (Wildman–Crippen LogP) is 3.53. The second-order valence-corrected chi connectivity index (χ2v) is 6.25. The van der Waals surface area contributed by atoms with Gasteiger partial charge in [0, 0.05) is 6.07 Å². The van der Waals surface area contributed by atoms with Crippen LogP contribution in [0, 0.1) is 35.3 Å². The van der Waals surface area contributed by atoms with Crippen molar-refractivity contribution in [1.29, 1.82) is 5.26 Å². The van der Waals surface area contributed by atoms with Gasteiger partial charge in [-0.3, -0.25) is 14.9 Å². The summed E-state index contributed by atoms with van der Waals surface area (Å²) in [4.78, 5) is 23.3. The molecule has 2 aromatic rings. The lowest BCUT2D eigenvalue weighted by atomic mass is 10.0. The summed E-state index contributed by atoms with van der Waals surface area (Å²) in [6.45, 7) is 4.35. The van der Waals surface area contributed by atoms with Crippen LogP contribution in [-0.2, 0) is 4.79 Å². The van der Waals surface area contributed by atoms with Crippen LogP contribution in [-0.4, -0.2) is 24.0 Å². The lowest BCUT2D eigenvalue weighted by Crippen LogP contribution is -2.18. The zero-order chi connectivity index (χ0) is 20.3. The topological polar surface area (TPSA) is 114 Å². The van der Waals surface area contributed by atoms with E-state index in [-0.39, 0.29) is 29.3 Å². The first-order valence-electron chi connectivity index (χ1n) is 8.47. The van der Waals surface area contributed by atoms with Crippen molar-refractivity contribution < 1.29 is 19.2 Å². The summed E-state index contributed by atoms with van der Waals surface area (Å²) in [6.07, 6.45) is 1.46. The van der Waals surface area contributed by atoms with E-state index in [1.54, 1.807) is 0 Å². The number of nitrogens with one attached hydrogen (secondary N) is 1. The van der Waals surface area contributed by atoms with E-state index in [1.165, 1.54) is 18.2 Å². The van der Waals surface area contributed by atoms with Crippen LogP contribution in [0.15, 0.2) is 35.9 Å². The summed E-state index contributed by atoms with van der Waals surface area (Å²) in [7, 11) is 0. The van der Waals surface area contributed by atoms with Crippen molar-refractivity contribution in [2.45, 2.75) is 13.8 Å². The zero-order valence-electron chi connectivity index (χ0n) is 15.3. The minimum absolute atomic E-state index is 0.0682. The number of fused-ring (bicyclic) bond motifs is 1. The fourth-order valence-electron chi connectivity index (χ4n) is 2.74. The maximum atomic E-state index is 12.6. The highest BCUT2D eigenvalue weighted by molar-refractivity contribution is 6.10. The minimum atomic E-state index is -0.747. The van der Waals surface area contributed by atoms with Crippen LogP contribution >= 0.6 is 0 Å². The second kappa shape index (κ2) is 7.80. The molecule has 0 spiro atoms. The van der Waals surface area contributed by atoms with E-state index in [1.807, 2.05) is 38.1 Å². The molecular formula is C20H17N3O5. The lowest BCUT2D eigenvalue weighted by molar-refractivity contribution is -0.384. The summed E-state index contributed by atoms with van der Waals surface area (Å²) in [6, 6.07) is 10.1. The number of benzene rings is 2. The van der Waals surface area contributed by atoms with Gasteiger partial charge in [0.1, 0.15) is 30.5 Å². The Morgan fingerprint density at radius 2 is 1.89 bits per heavy atom. The molecule has 0 atom stereocenters. The number of nitro groups is 1. The van der Waals surface area contributed by atoms with E-state index in [2.05, 4.69) is 5.32 Å². The normalized spacial score (nSPS) is 12.8. The predicted molar refractivity (Wildman–Crippen MR) is 102 cm³/mol. The highest BCUT2D eigenvalue weighted by Gasteiger charge is 2.24. The number of nitriles is 1. The third-order valence-corrected chi connectivity index (χ3v) is 4.21. The SMILES string of the molecule is Cc1ccc(C)c(C=C(C#N)C(=O)Nc2cc3c(cc2[N+](=O)[O-])OCCO3)c1. The Labute approximate surface area is 161 Å². The highest BCUT2D eigenvalue weighted by atomic mass is 16.6. The van der Waals surface area contributed by atoms with Gasteiger partial charge in [-0.15, -0.1) is 0 Å². The summed E-state index contributed by atoms with van der Waals surface area (Å²) in [5.74, 6) is -0.213. The Morgan fingerprint density at radius 3 is 2.54 bits per heavy atom. The number of ether oxygens (including phenoxy) is 2. The van der Waals surface area contributed by atoms with Crippen LogP contribution in [0.5, 0.6) is 11.5 Å². The molecule has 8 nitrogen and oxygen atoms in total. The fourth-order valence-corrected chi connectivity index (χ4v) is 2.74. The molecule has 0 fully saturated rings. The summed E-state index contributed by atoms with van der Waals surface area (Å²) in [5, 5.41) is 23.2. The van der Waals surface area contributed by atoms with Gasteiger partial charge in [-0.1, -0.05) is 23.8 Å². The molecule has 0 bridgehead atoms. The largest absolute Gasteiger partial charge is 0.486 e. The van der Waals surface area contributed by atoms with Gasteiger partial charge in [-0.2, -0.15) is 5.26 Å². The van der Waals surface area contributed by atoms with Gasteiger partial charge in [-0.05, 0) is 31.1 Å². The van der Waals surface area contributed by atoms with Crippen LogP contribution in [0.2, 0.25) is 0 Å². The standard InChI is InChI=1S/C20H17N3O5/c1-12-3-4-13(2)14(7-12)8-15(11-21)20(24)22-16-9-18-19(28-6-5-27-18)10-17(16)23(25)26/h3-4,7-10H,5-6H2,1-2H3,(H,22,24). The molecule has 8 heteroatoms. The van der Waals surface area contributed by atoms with Crippen molar-refractivity contribution in [3.05, 3.63) is 62.7 Å². The monoisotopic (exact) mass is 379 g/mol. The van der Waals surface area contributed by atoms with E-state index in [0.29, 0.717) is 12.4 Å². The van der Waals surface area contributed by atoms with Gasteiger partial charge in [0.15, 0.2) is 11.5 Å². The van der Waals surface area contributed by atoms with Crippen LogP contribution in [0.1, 0.15) is 16.7 Å². The Bertz CT molecular complexity index is 1040. The molecule has 1 aliphatic rings. The number of aryl methyl sites for hydroxylation is 2. The zero-order valence-corrected chi connectivity index (χ0v) is 15.3. The molecule has 0 unspecified atom stereocenters. The maximum Gasteiger partial charge on any atom is 0.296 e. The van der Waals surface area contributed by atoms with Crippen LogP contribution in [0.25, 0.3) is 6.08 Å². The summed E-state index contributed by atoms with van der Waals surface area (Å²) >= 11 is 0. The van der Waals surface area contributed by atoms with E-state index in [0.717, 1.165) is 16.7 Å². The third kappa shape index (κ3) is 3.94. The van der Waals surface area contributed by atoms with Crippen LogP contribution in [0.3, 0.4) is 0 Å². The van der Waals surface area contributed by atoms with E-state index < -0.39 is 10.8 Å². The Hall–Kier alpha value is -3.86. The number of carbonyl (C=O) groups excluding carboxylic acids is 1. The van der Waals surface area contributed by atoms with Gasteiger partial charge in [0.2, 0.25) is 0 Å². The molecule has 1 amide bonds. The van der Waals surface area contributed by atoms with E-state index in [9.17, 15) is 20.2 Å². The molecule has 3 rings (SSSR count). The van der Waals surface area contributed by atoms with Crippen molar-refractivity contribution in [3.63, 3.8) is 0 Å². The third-order valence-electron chi connectivity index (χ3n) is 4.21. The maximum absolute atomic E-state index is 12.6. The minimum Gasteiger partial charge on any atom is -0.486 e. The first-order chi connectivity index (χ1) is 13.4. The van der Waals surface area contributed by atoms with Gasteiger partial charge < -0.3 is 14.8 Å². The fraction of sp³-hybridized carbons (Fsp3) is 0.200. The molecule has 1 heterocycles. The van der Waals surface area contributed by atoms with Gasteiger partial charge in [-0.25, -0.2) is 0 Å². The van der Waals surface area contributed by atoms with Crippen molar-refractivity contribution in [3.8, 4) is 17.6 Å². The molecule has 1 aliphatic heterocycles. The molecule has 1 N–H and O–H groups in total. The van der Waals surface area contributed by atoms with E-state index >= 15 is 0 Å². The summed E-state index contributed by atoms with van der Waals surface area (Å²) < 4.78 is 10.8. The van der Waals surface area contributed by atoms with Crippen molar-refractivity contribution in [2.75, 3.05) is 18.5 Å². The Morgan fingerprint density at radius 1 is 1.21 bits per heavy atom. The number of hydrogen-bond donors (Lipinski definition) is 1. The molecule has 0 saturated carbocycles. The Kier molecular flexibility index (Phi) is 5.27. The molecule has 142 valence electrons. The number of carbonyl (C=O) groups is 1. The quantitative estimate of drug-likeness (QED) is 0.376. The smallest absolute Gasteiger partial charge is 0.296 e. The highest BCUT2D eigenvalue weighted by Crippen LogP contribution is 2.39. The molecule has 0 aliphatic carbocycles. The number of anilines is 1. The number of rotatable bonds is 4. The van der Waals surface area contributed by atoms with E-state index in [4.69, 9.17) is 9.47 Å². The molecule has 2 aromatic carbocycles. The first kappa shape index (κ1) is 18.9. The lowest BCUT2D eigenvalue weighted by Gasteiger charge is -2.19. The van der Waals surface area contributed by atoms with Crippen LogP contribution in [0.4, 0.5) is 11.4 Å². The molecule has 0 aromatic heterocycles. The van der Waals surface area contributed by atoms with Gasteiger partial charge >= 0.3 is 0 Å². The van der Waals surface area contributed by atoms with Crippen molar-refractivity contribution in [2.24, 2.45) is 0 Å². The van der Waals surface area contributed by atoms with Crippen molar-refractivity contribution >= 4 is 23.4 Å². The molecule has 0 radical (unpaired) electrons. The second-order valence-electron chi connectivity index (χ2n) is 6.25. The molecule has 0 saturated heterocycles.